The highest BCUT2D eigenvalue weighted by Gasteiger charge is 2.12. The monoisotopic (exact) mass is 272 g/mol. The van der Waals surface area contributed by atoms with E-state index in [0.29, 0.717) is 5.56 Å². The first-order valence-corrected chi connectivity index (χ1v) is 6.69. The largest absolute Gasteiger partial charge is 0.490 e. The Morgan fingerprint density at radius 3 is 2.55 bits per heavy atom. The van der Waals surface area contributed by atoms with Crippen LogP contribution >= 0.6 is 0 Å². The molecule has 1 aromatic heterocycles. The van der Waals surface area contributed by atoms with E-state index < -0.39 is 0 Å². The second-order valence-electron chi connectivity index (χ2n) is 4.97. The molecule has 0 atom stereocenters. The third kappa shape index (κ3) is 2.75. The molecule has 1 heterocycles. The molecule has 0 amide bonds. The fourth-order valence-corrected chi connectivity index (χ4v) is 2.15. The van der Waals surface area contributed by atoms with Gasteiger partial charge in [-0.3, -0.25) is 4.79 Å². The van der Waals surface area contributed by atoms with E-state index in [1.807, 2.05) is 44.2 Å². The molecule has 0 aliphatic carbocycles. The number of benzene rings is 1. The van der Waals surface area contributed by atoms with Crippen LogP contribution in [0.3, 0.4) is 0 Å². The summed E-state index contributed by atoms with van der Waals surface area (Å²) in [6, 6.07) is 11.4. The molecule has 0 saturated heterocycles. The van der Waals surface area contributed by atoms with Crippen LogP contribution in [-0.4, -0.2) is 10.7 Å². The maximum Gasteiger partial charge on any atom is 0.255 e. The van der Waals surface area contributed by atoms with Crippen molar-refractivity contribution in [2.75, 3.05) is 0 Å². The van der Waals surface area contributed by atoms with Crippen LogP contribution in [0.2, 0.25) is 0 Å². The molecule has 0 unspecified atom stereocenters. The van der Waals surface area contributed by atoms with Crippen LogP contribution in [-0.2, 0) is 13.6 Å². The summed E-state index contributed by atoms with van der Waals surface area (Å²) in [7, 11) is 1.75. The zero-order valence-electron chi connectivity index (χ0n) is 12.1. The third-order valence-electron chi connectivity index (χ3n) is 3.13. The lowest BCUT2D eigenvalue weighted by molar-refractivity contribution is 0.243. The van der Waals surface area contributed by atoms with Gasteiger partial charge in [0.25, 0.3) is 5.56 Å². The maximum absolute atomic E-state index is 12.2. The lowest BCUT2D eigenvalue weighted by atomic mass is 10.1. The van der Waals surface area contributed by atoms with Crippen LogP contribution in [0, 0.1) is 0 Å². The van der Waals surface area contributed by atoms with Crippen LogP contribution in [0.1, 0.15) is 19.4 Å². The lowest BCUT2D eigenvalue weighted by Crippen LogP contribution is -2.24. The van der Waals surface area contributed by atoms with E-state index in [1.165, 1.54) is 0 Å². The second kappa shape index (κ2) is 5.92. The molecule has 0 spiro atoms. The van der Waals surface area contributed by atoms with E-state index in [4.69, 9.17) is 10.5 Å². The third-order valence-corrected chi connectivity index (χ3v) is 3.13. The van der Waals surface area contributed by atoms with Crippen molar-refractivity contribution >= 4 is 0 Å². The predicted molar refractivity (Wildman–Crippen MR) is 80.8 cm³/mol. The molecular weight excluding hydrogens is 252 g/mol. The number of ether oxygens (including phenoxy) is 1. The van der Waals surface area contributed by atoms with E-state index in [0.717, 1.165) is 17.0 Å². The smallest absolute Gasteiger partial charge is 0.255 e. The Hall–Kier alpha value is -2.07. The van der Waals surface area contributed by atoms with Gasteiger partial charge in [-0.15, -0.1) is 0 Å². The zero-order valence-corrected chi connectivity index (χ0v) is 12.1. The average Bonchev–Trinajstić information content (AvgIpc) is 2.42. The van der Waals surface area contributed by atoms with E-state index in [-0.39, 0.29) is 18.2 Å². The van der Waals surface area contributed by atoms with Gasteiger partial charge in [0.1, 0.15) is 5.75 Å². The molecule has 1 aromatic carbocycles. The first-order valence-electron chi connectivity index (χ1n) is 6.69. The van der Waals surface area contributed by atoms with Crippen LogP contribution < -0.4 is 16.0 Å². The normalized spacial score (nSPS) is 10.8. The standard InChI is InChI=1S/C16H20N2O2/c1-11(2)20-15-7-5-4-6-13(15)14-9-8-12(10-17)16(19)18(14)3/h4-9,11H,10,17H2,1-3H3. The molecule has 0 aliphatic heterocycles. The fourth-order valence-electron chi connectivity index (χ4n) is 2.15. The minimum Gasteiger partial charge on any atom is -0.490 e. The average molecular weight is 272 g/mol. The van der Waals surface area contributed by atoms with Gasteiger partial charge < -0.3 is 15.0 Å². The van der Waals surface area contributed by atoms with Gasteiger partial charge in [0.15, 0.2) is 0 Å². The Morgan fingerprint density at radius 2 is 1.90 bits per heavy atom. The van der Waals surface area contributed by atoms with Gasteiger partial charge in [0.2, 0.25) is 0 Å². The van der Waals surface area contributed by atoms with Crippen molar-refractivity contribution in [2.45, 2.75) is 26.5 Å². The summed E-state index contributed by atoms with van der Waals surface area (Å²) < 4.78 is 7.43. The van der Waals surface area contributed by atoms with E-state index >= 15 is 0 Å². The topological polar surface area (TPSA) is 57.2 Å². The number of aromatic nitrogens is 1. The Kier molecular flexibility index (Phi) is 4.25. The molecule has 0 radical (unpaired) electrons. The van der Waals surface area contributed by atoms with Crippen molar-refractivity contribution in [1.29, 1.82) is 0 Å². The van der Waals surface area contributed by atoms with Crippen LogP contribution in [0.25, 0.3) is 11.3 Å². The number of nitrogens with zero attached hydrogens (tertiary/aromatic N) is 1. The number of rotatable bonds is 4. The quantitative estimate of drug-likeness (QED) is 0.929. The van der Waals surface area contributed by atoms with Crippen molar-refractivity contribution in [2.24, 2.45) is 12.8 Å². The Bertz CT molecular complexity index is 660. The summed E-state index contributed by atoms with van der Waals surface area (Å²) in [5.41, 5.74) is 7.84. The molecule has 4 heteroatoms. The molecule has 0 fully saturated rings. The lowest BCUT2D eigenvalue weighted by Gasteiger charge is -2.16. The van der Waals surface area contributed by atoms with Gasteiger partial charge in [0.05, 0.1) is 11.8 Å². The first kappa shape index (κ1) is 14.3. The molecule has 2 aromatic rings. The molecule has 0 aliphatic rings. The van der Waals surface area contributed by atoms with E-state index in [2.05, 4.69) is 0 Å². The summed E-state index contributed by atoms with van der Waals surface area (Å²) in [5, 5.41) is 0. The maximum atomic E-state index is 12.2. The molecule has 4 nitrogen and oxygen atoms in total. The summed E-state index contributed by atoms with van der Waals surface area (Å²) in [6.45, 7) is 4.21. The number of para-hydroxylation sites is 1. The van der Waals surface area contributed by atoms with Gasteiger partial charge in [0, 0.05) is 24.7 Å². The van der Waals surface area contributed by atoms with Gasteiger partial charge in [-0.2, -0.15) is 0 Å². The second-order valence-corrected chi connectivity index (χ2v) is 4.97. The van der Waals surface area contributed by atoms with Crippen molar-refractivity contribution in [3.63, 3.8) is 0 Å². The molecular formula is C16H20N2O2. The summed E-state index contributed by atoms with van der Waals surface area (Å²) in [5.74, 6) is 0.776. The number of hydrogen-bond acceptors (Lipinski definition) is 3. The zero-order chi connectivity index (χ0) is 14.7. The molecule has 0 saturated carbocycles. The Labute approximate surface area is 118 Å². The highest BCUT2D eigenvalue weighted by molar-refractivity contribution is 5.67. The van der Waals surface area contributed by atoms with Gasteiger partial charge in [-0.05, 0) is 32.0 Å². The molecule has 20 heavy (non-hydrogen) atoms. The Morgan fingerprint density at radius 1 is 1.20 bits per heavy atom. The first-order chi connectivity index (χ1) is 9.54. The fraction of sp³-hybridized carbons (Fsp3) is 0.312. The highest BCUT2D eigenvalue weighted by Crippen LogP contribution is 2.29. The minimum absolute atomic E-state index is 0.0654. The molecule has 2 rings (SSSR count). The van der Waals surface area contributed by atoms with Crippen molar-refractivity contribution in [3.05, 3.63) is 52.3 Å². The van der Waals surface area contributed by atoms with E-state index in [1.54, 1.807) is 17.7 Å². The van der Waals surface area contributed by atoms with Crippen molar-refractivity contribution in [1.82, 2.24) is 4.57 Å². The highest BCUT2D eigenvalue weighted by atomic mass is 16.5. The summed E-state index contributed by atoms with van der Waals surface area (Å²) in [6.07, 6.45) is 0.0801. The van der Waals surface area contributed by atoms with Crippen LogP contribution in [0.4, 0.5) is 0 Å². The summed E-state index contributed by atoms with van der Waals surface area (Å²) in [4.78, 5) is 12.2. The van der Waals surface area contributed by atoms with Gasteiger partial charge >= 0.3 is 0 Å². The minimum atomic E-state index is -0.0654. The predicted octanol–water partition coefficient (Wildman–Crippen LogP) is 2.30. The Balaban J connectivity index is 2.58. The molecule has 106 valence electrons. The summed E-state index contributed by atoms with van der Waals surface area (Å²) >= 11 is 0. The number of hydrogen-bond donors (Lipinski definition) is 1. The van der Waals surface area contributed by atoms with Crippen molar-refractivity contribution in [3.8, 4) is 17.0 Å². The molecule has 2 N–H and O–H groups in total. The van der Waals surface area contributed by atoms with Crippen LogP contribution in [0.15, 0.2) is 41.2 Å². The van der Waals surface area contributed by atoms with Crippen LogP contribution in [0.5, 0.6) is 5.75 Å². The number of pyridine rings is 1. The van der Waals surface area contributed by atoms with Gasteiger partial charge in [-0.1, -0.05) is 18.2 Å². The van der Waals surface area contributed by atoms with Gasteiger partial charge in [-0.25, -0.2) is 0 Å². The SMILES string of the molecule is CC(C)Oc1ccccc1-c1ccc(CN)c(=O)n1C. The van der Waals surface area contributed by atoms with E-state index in [9.17, 15) is 4.79 Å². The molecule has 0 bridgehead atoms. The number of nitrogens with two attached hydrogens (primary N) is 1. The van der Waals surface area contributed by atoms with Crippen molar-refractivity contribution < 1.29 is 4.74 Å².